The second-order valence-corrected chi connectivity index (χ2v) is 4.06. The minimum Gasteiger partial charge on any atom is -0.0842 e. The number of benzene rings is 1. The summed E-state index contributed by atoms with van der Waals surface area (Å²) in [6.07, 6.45) is 15.0. The summed E-state index contributed by atoms with van der Waals surface area (Å²) < 4.78 is 0. The number of hydrogen-bond acceptors (Lipinski definition) is 0. The van der Waals surface area contributed by atoms with Gasteiger partial charge in [0.05, 0.1) is 0 Å². The van der Waals surface area contributed by atoms with Gasteiger partial charge in [-0.1, -0.05) is 48.6 Å². The molecule has 0 saturated carbocycles. The van der Waals surface area contributed by atoms with Crippen LogP contribution in [0.4, 0.5) is 0 Å². The minimum absolute atomic E-state index is 1.23. The van der Waals surface area contributed by atoms with Crippen molar-refractivity contribution < 1.29 is 0 Å². The lowest BCUT2D eigenvalue weighted by atomic mass is 10.1. The average molecular weight is 198 g/mol. The van der Waals surface area contributed by atoms with Crippen LogP contribution in [0.3, 0.4) is 0 Å². The van der Waals surface area contributed by atoms with Gasteiger partial charge >= 0.3 is 0 Å². The highest BCUT2D eigenvalue weighted by Gasteiger charge is 2.07. The average Bonchev–Trinajstić information content (AvgIpc) is 2.80. The van der Waals surface area contributed by atoms with Crippen molar-refractivity contribution in [3.63, 3.8) is 0 Å². The summed E-state index contributed by atoms with van der Waals surface area (Å²) in [5, 5.41) is 0. The standard InChI is InChI=1S/C9H10.C6H8/c1-2-5-9-7-3-6-8(9)4-1;1-2-4-6-5-3-1/h1-2,4-5H,3,6-7H2;1-4H,5-6H2. The summed E-state index contributed by atoms with van der Waals surface area (Å²) in [7, 11) is 0. The zero-order chi connectivity index (χ0) is 10.3. The van der Waals surface area contributed by atoms with Crippen molar-refractivity contribution in [1.82, 2.24) is 0 Å². The third-order valence-corrected chi connectivity index (χ3v) is 2.89. The van der Waals surface area contributed by atoms with E-state index in [-0.39, 0.29) is 0 Å². The maximum Gasteiger partial charge on any atom is -0.0273 e. The molecule has 0 amide bonds. The minimum atomic E-state index is 1.23. The van der Waals surface area contributed by atoms with Crippen molar-refractivity contribution in [2.45, 2.75) is 32.1 Å². The summed E-state index contributed by atoms with van der Waals surface area (Å²) in [6.45, 7) is 0. The Morgan fingerprint density at radius 1 is 0.733 bits per heavy atom. The quantitative estimate of drug-likeness (QED) is 0.589. The molecule has 0 N–H and O–H groups in total. The van der Waals surface area contributed by atoms with E-state index in [0.29, 0.717) is 0 Å². The molecule has 3 rings (SSSR count). The van der Waals surface area contributed by atoms with Gasteiger partial charge in [0.15, 0.2) is 0 Å². The van der Waals surface area contributed by atoms with Crippen molar-refractivity contribution >= 4 is 0 Å². The van der Waals surface area contributed by atoms with Crippen LogP contribution in [-0.2, 0) is 12.8 Å². The Morgan fingerprint density at radius 3 is 1.67 bits per heavy atom. The molecule has 2 aliphatic carbocycles. The molecule has 78 valence electrons. The van der Waals surface area contributed by atoms with Crippen LogP contribution >= 0.6 is 0 Å². The molecule has 2 aliphatic rings. The number of aryl methyl sites for hydroxylation is 2. The van der Waals surface area contributed by atoms with Gasteiger partial charge in [-0.2, -0.15) is 0 Å². The molecular weight excluding hydrogens is 180 g/mol. The Hall–Kier alpha value is -1.30. The van der Waals surface area contributed by atoms with Gasteiger partial charge in [-0.05, 0) is 43.2 Å². The first-order valence-corrected chi connectivity index (χ1v) is 5.85. The molecule has 0 bridgehead atoms. The second kappa shape index (κ2) is 5.55. The molecule has 0 aromatic heterocycles. The zero-order valence-electron chi connectivity index (χ0n) is 9.15. The first kappa shape index (κ1) is 10.2. The van der Waals surface area contributed by atoms with Crippen LogP contribution in [0.5, 0.6) is 0 Å². The Labute approximate surface area is 92.3 Å². The number of fused-ring (bicyclic) bond motifs is 1. The van der Waals surface area contributed by atoms with Crippen molar-refractivity contribution in [2.75, 3.05) is 0 Å². The van der Waals surface area contributed by atoms with Crippen LogP contribution in [0.1, 0.15) is 30.4 Å². The summed E-state index contributed by atoms with van der Waals surface area (Å²) >= 11 is 0. The predicted octanol–water partition coefficient (Wildman–Crippen LogP) is 4.07. The maximum atomic E-state index is 2.24. The van der Waals surface area contributed by atoms with E-state index in [1.807, 2.05) is 0 Å². The summed E-state index contributed by atoms with van der Waals surface area (Å²) in [5.74, 6) is 0. The van der Waals surface area contributed by atoms with Crippen molar-refractivity contribution in [3.8, 4) is 0 Å². The first-order chi connectivity index (χ1) is 7.47. The van der Waals surface area contributed by atoms with Gasteiger partial charge in [-0.3, -0.25) is 0 Å². The number of hydrogen-bond donors (Lipinski definition) is 0. The van der Waals surface area contributed by atoms with Crippen molar-refractivity contribution in [3.05, 3.63) is 59.7 Å². The second-order valence-electron chi connectivity index (χ2n) is 4.06. The highest BCUT2D eigenvalue weighted by atomic mass is 14.1. The monoisotopic (exact) mass is 198 g/mol. The molecule has 0 unspecified atom stereocenters. The van der Waals surface area contributed by atoms with Crippen LogP contribution < -0.4 is 0 Å². The zero-order valence-corrected chi connectivity index (χ0v) is 9.15. The van der Waals surface area contributed by atoms with E-state index < -0.39 is 0 Å². The number of allylic oxidation sites excluding steroid dienone is 4. The van der Waals surface area contributed by atoms with Crippen LogP contribution in [0.25, 0.3) is 0 Å². The van der Waals surface area contributed by atoms with Gasteiger partial charge in [-0.15, -0.1) is 0 Å². The topological polar surface area (TPSA) is 0 Å². The Morgan fingerprint density at radius 2 is 1.27 bits per heavy atom. The van der Waals surface area contributed by atoms with Gasteiger partial charge < -0.3 is 0 Å². The molecule has 0 heteroatoms. The van der Waals surface area contributed by atoms with Crippen LogP contribution in [-0.4, -0.2) is 0 Å². The van der Waals surface area contributed by atoms with Gasteiger partial charge in [0.2, 0.25) is 0 Å². The molecule has 0 fully saturated rings. The fourth-order valence-corrected chi connectivity index (χ4v) is 2.06. The Kier molecular flexibility index (Phi) is 3.78. The van der Waals surface area contributed by atoms with Gasteiger partial charge in [0.1, 0.15) is 0 Å². The number of rotatable bonds is 0. The van der Waals surface area contributed by atoms with Gasteiger partial charge in [-0.25, -0.2) is 0 Å². The van der Waals surface area contributed by atoms with Gasteiger partial charge in [0, 0.05) is 0 Å². The summed E-state index contributed by atoms with van der Waals surface area (Å²) in [4.78, 5) is 0. The fourth-order valence-electron chi connectivity index (χ4n) is 2.06. The maximum absolute atomic E-state index is 2.24. The molecule has 0 atom stereocenters. The van der Waals surface area contributed by atoms with E-state index in [0.717, 1.165) is 0 Å². The van der Waals surface area contributed by atoms with Gasteiger partial charge in [0.25, 0.3) is 0 Å². The van der Waals surface area contributed by atoms with E-state index in [9.17, 15) is 0 Å². The predicted molar refractivity (Wildman–Crippen MR) is 66.0 cm³/mol. The van der Waals surface area contributed by atoms with E-state index >= 15 is 0 Å². The van der Waals surface area contributed by atoms with Crippen LogP contribution in [0.15, 0.2) is 48.6 Å². The largest absolute Gasteiger partial charge is 0.0842 e. The highest BCUT2D eigenvalue weighted by Crippen LogP contribution is 2.20. The SMILES string of the molecule is C1=CCCC=C1.c1ccc2c(c1)CCC2. The molecule has 0 radical (unpaired) electrons. The Bertz CT molecular complexity index is 323. The van der Waals surface area contributed by atoms with Crippen molar-refractivity contribution in [1.29, 1.82) is 0 Å². The van der Waals surface area contributed by atoms with E-state index in [2.05, 4.69) is 48.6 Å². The highest BCUT2D eigenvalue weighted by molar-refractivity contribution is 5.30. The fraction of sp³-hybridized carbons (Fsp3) is 0.333. The molecule has 1 aromatic carbocycles. The molecule has 15 heavy (non-hydrogen) atoms. The molecule has 0 aliphatic heterocycles. The van der Waals surface area contributed by atoms with E-state index in [1.54, 1.807) is 11.1 Å². The lowest BCUT2D eigenvalue weighted by molar-refractivity contribution is 0.912. The normalized spacial score (nSPS) is 16.8. The van der Waals surface area contributed by atoms with Crippen molar-refractivity contribution in [2.24, 2.45) is 0 Å². The molecule has 1 aromatic rings. The van der Waals surface area contributed by atoms with E-state index in [1.165, 1.54) is 32.1 Å². The molecule has 0 nitrogen and oxygen atoms in total. The molecule has 0 spiro atoms. The lowest BCUT2D eigenvalue weighted by Crippen LogP contribution is -1.77. The van der Waals surface area contributed by atoms with Crippen LogP contribution in [0.2, 0.25) is 0 Å². The third-order valence-electron chi connectivity index (χ3n) is 2.89. The molecular formula is C15H18. The Balaban J connectivity index is 0.000000124. The first-order valence-electron chi connectivity index (χ1n) is 5.85. The smallest absolute Gasteiger partial charge is 0.0273 e. The third kappa shape index (κ3) is 3.09. The summed E-state index contributed by atoms with van der Waals surface area (Å²) in [6, 6.07) is 8.74. The van der Waals surface area contributed by atoms with E-state index in [4.69, 9.17) is 0 Å². The molecule has 0 saturated heterocycles. The summed E-state index contributed by atoms with van der Waals surface area (Å²) in [5.41, 5.74) is 3.13. The molecule has 0 heterocycles. The van der Waals surface area contributed by atoms with Crippen LogP contribution in [0, 0.1) is 0 Å². The lowest BCUT2D eigenvalue weighted by Gasteiger charge is -1.93.